The van der Waals surface area contributed by atoms with Crippen LogP contribution < -0.4 is 31.5 Å². The fraction of sp³-hybridized carbons (Fsp3) is 0.568. The van der Waals surface area contributed by atoms with Gasteiger partial charge in [-0.05, 0) is 31.4 Å². The van der Waals surface area contributed by atoms with Gasteiger partial charge in [0.05, 0.1) is 29.9 Å². The van der Waals surface area contributed by atoms with Gasteiger partial charge in [-0.1, -0.05) is 51.0 Å². The van der Waals surface area contributed by atoms with E-state index in [0.29, 0.717) is 77.2 Å². The summed E-state index contributed by atoms with van der Waals surface area (Å²) in [5.41, 5.74) is 6.07. The van der Waals surface area contributed by atoms with Gasteiger partial charge in [0, 0.05) is 83.5 Å². The Kier molecular flexibility index (Phi) is 16.3. The van der Waals surface area contributed by atoms with Gasteiger partial charge in [0.2, 0.25) is 41.5 Å². The Balaban J connectivity index is 0.735. The molecule has 0 bridgehead atoms. The number of nitrogens with zero attached hydrogens (tertiary/aromatic N) is 9. The first-order valence-electron chi connectivity index (χ1n) is 22.9. The molecule has 3 fully saturated rings. The molecule has 2 aromatic heterocycles. The van der Waals surface area contributed by atoms with Gasteiger partial charge in [0.1, 0.15) is 11.7 Å². The molecule has 3 aromatic rings. The zero-order chi connectivity index (χ0) is 46.6. The standard InChI is InChI=1S/C44H57F2N13O7/c45-37(46)36-29(27-50-42(47)52-36)38-53-43(55-44(54-38)58-23-25-66-26-24-58)57-21-19-56(20-22-57)34(62)16-15-32(60)49-18-9-7-5-3-1-2-4-6-8-17-48-30-12-10-11-28-35(30)41(65)59(40(28)64)31-13-14-33(61)51-39(31)63/h10-12,27,31,37,48H,1-9,13-26H2,(H,49,60)(H2,47,50,52)(H,51,61,63). The van der Waals surface area contributed by atoms with Gasteiger partial charge in [-0.2, -0.15) is 15.0 Å². The number of nitrogens with one attached hydrogen (secondary N) is 3. The molecule has 0 saturated carbocycles. The lowest BCUT2D eigenvalue weighted by Crippen LogP contribution is -2.54. The van der Waals surface area contributed by atoms with E-state index in [1.54, 1.807) is 23.1 Å². The number of alkyl halides is 2. The highest BCUT2D eigenvalue weighted by molar-refractivity contribution is 6.25. The van der Waals surface area contributed by atoms with E-state index in [-0.39, 0.29) is 71.9 Å². The van der Waals surface area contributed by atoms with Gasteiger partial charge in [-0.3, -0.25) is 39.0 Å². The second-order valence-corrected chi connectivity index (χ2v) is 16.7. The predicted octanol–water partition coefficient (Wildman–Crippen LogP) is 3.25. The van der Waals surface area contributed by atoms with Gasteiger partial charge in [-0.25, -0.2) is 18.7 Å². The summed E-state index contributed by atoms with van der Waals surface area (Å²) in [5.74, 6) is -2.06. The van der Waals surface area contributed by atoms with Crippen LogP contribution >= 0.6 is 0 Å². The van der Waals surface area contributed by atoms with Crippen molar-refractivity contribution in [3.05, 3.63) is 41.2 Å². The highest BCUT2D eigenvalue weighted by Gasteiger charge is 2.45. The van der Waals surface area contributed by atoms with Gasteiger partial charge >= 0.3 is 0 Å². The summed E-state index contributed by atoms with van der Waals surface area (Å²) in [4.78, 5) is 104. The first kappa shape index (κ1) is 47.5. The molecular formula is C44H57F2N13O7. The number of piperazine rings is 1. The average Bonchev–Trinajstić information content (AvgIpc) is 3.58. The normalized spacial score (nSPS) is 17.7. The summed E-state index contributed by atoms with van der Waals surface area (Å²) in [5, 5.41) is 8.44. The summed E-state index contributed by atoms with van der Waals surface area (Å²) in [7, 11) is 0. The number of fused-ring (bicyclic) bond motifs is 1. The lowest BCUT2D eigenvalue weighted by Gasteiger charge is -2.35. The first-order valence-corrected chi connectivity index (χ1v) is 22.9. The van der Waals surface area contributed by atoms with Crippen LogP contribution in [0.2, 0.25) is 0 Å². The summed E-state index contributed by atoms with van der Waals surface area (Å²) in [6, 6.07) is 4.06. The van der Waals surface area contributed by atoms with Crippen molar-refractivity contribution >= 4 is 59.0 Å². The van der Waals surface area contributed by atoms with E-state index >= 15 is 0 Å². The molecule has 3 saturated heterocycles. The molecule has 5 N–H and O–H groups in total. The monoisotopic (exact) mass is 917 g/mol. The van der Waals surface area contributed by atoms with E-state index < -0.39 is 41.8 Å². The third kappa shape index (κ3) is 11.9. The molecule has 66 heavy (non-hydrogen) atoms. The van der Waals surface area contributed by atoms with E-state index in [9.17, 15) is 37.5 Å². The molecule has 22 heteroatoms. The number of aromatic nitrogens is 5. The van der Waals surface area contributed by atoms with E-state index in [0.717, 1.165) is 62.7 Å². The second-order valence-electron chi connectivity index (χ2n) is 16.7. The number of morpholine rings is 1. The number of anilines is 4. The van der Waals surface area contributed by atoms with Gasteiger partial charge in [0.25, 0.3) is 18.2 Å². The third-order valence-corrected chi connectivity index (χ3v) is 12.1. The molecule has 1 atom stereocenters. The highest BCUT2D eigenvalue weighted by atomic mass is 19.3. The Morgan fingerprint density at radius 3 is 2.11 bits per heavy atom. The van der Waals surface area contributed by atoms with Gasteiger partial charge < -0.3 is 35.8 Å². The van der Waals surface area contributed by atoms with Crippen LogP contribution in [0.5, 0.6) is 0 Å². The quantitative estimate of drug-likeness (QED) is 0.0884. The zero-order valence-corrected chi connectivity index (χ0v) is 36.9. The third-order valence-electron chi connectivity index (χ3n) is 12.1. The maximum Gasteiger partial charge on any atom is 0.281 e. The minimum absolute atomic E-state index is 0.00404. The molecular weight excluding hydrogens is 861 g/mol. The minimum Gasteiger partial charge on any atom is -0.384 e. The Bertz CT molecular complexity index is 2260. The number of nitrogens with two attached hydrogens (primary N) is 1. The van der Waals surface area contributed by atoms with E-state index in [2.05, 4.69) is 40.9 Å². The van der Waals surface area contributed by atoms with Crippen LogP contribution in [0, 0.1) is 0 Å². The summed E-state index contributed by atoms with van der Waals surface area (Å²) in [6.07, 6.45) is 7.84. The SMILES string of the molecule is Nc1ncc(-c2nc(N3CCOCC3)nc(N3CCN(C(=O)CCC(=O)NCCCCCCCCCCCNc4cccc5c4C(=O)N(C4CCC(=O)NC4=O)C5=O)CC3)n2)c(C(F)F)n1. The van der Waals surface area contributed by atoms with Crippen molar-refractivity contribution in [2.24, 2.45) is 0 Å². The topological polar surface area (TPSA) is 251 Å². The molecule has 7 rings (SSSR count). The average molecular weight is 918 g/mol. The van der Waals surface area contributed by atoms with E-state index in [1.807, 2.05) is 9.80 Å². The number of hydrogen-bond acceptors (Lipinski definition) is 16. The fourth-order valence-electron chi connectivity index (χ4n) is 8.49. The smallest absolute Gasteiger partial charge is 0.281 e. The number of imide groups is 2. The van der Waals surface area contributed by atoms with Crippen LogP contribution in [0.1, 0.15) is 116 Å². The number of ether oxygens (including phenoxy) is 1. The molecule has 1 aromatic carbocycles. The second kappa shape index (κ2) is 22.6. The van der Waals surface area contributed by atoms with Crippen LogP contribution in [-0.4, -0.2) is 142 Å². The van der Waals surface area contributed by atoms with Crippen molar-refractivity contribution in [2.45, 2.75) is 95.9 Å². The van der Waals surface area contributed by atoms with Crippen molar-refractivity contribution in [3.8, 4) is 11.4 Å². The molecule has 6 amide bonds. The fourth-order valence-corrected chi connectivity index (χ4v) is 8.49. The molecule has 354 valence electrons. The molecule has 20 nitrogen and oxygen atoms in total. The molecule has 0 aliphatic carbocycles. The van der Waals surface area contributed by atoms with Crippen LogP contribution in [0.4, 0.5) is 32.3 Å². The number of rotatable bonds is 21. The maximum absolute atomic E-state index is 14.0. The minimum atomic E-state index is -2.93. The highest BCUT2D eigenvalue weighted by Crippen LogP contribution is 2.33. The van der Waals surface area contributed by atoms with Crippen LogP contribution in [-0.2, 0) is 23.9 Å². The van der Waals surface area contributed by atoms with E-state index in [1.165, 1.54) is 6.20 Å². The van der Waals surface area contributed by atoms with E-state index in [4.69, 9.17) is 10.5 Å². The molecule has 4 aliphatic heterocycles. The van der Waals surface area contributed by atoms with Crippen molar-refractivity contribution in [1.29, 1.82) is 0 Å². The summed E-state index contributed by atoms with van der Waals surface area (Å²) in [6.45, 7) is 4.67. The molecule has 6 heterocycles. The Morgan fingerprint density at radius 1 is 0.788 bits per heavy atom. The Labute approximate surface area is 380 Å². The first-order chi connectivity index (χ1) is 32.0. The summed E-state index contributed by atoms with van der Waals surface area (Å²) < 4.78 is 33.4. The largest absolute Gasteiger partial charge is 0.384 e. The number of carbonyl (C=O) groups excluding carboxylic acids is 6. The number of unbranched alkanes of at least 4 members (excludes halogenated alkanes) is 8. The van der Waals surface area contributed by atoms with Crippen molar-refractivity contribution in [2.75, 3.05) is 86.4 Å². The molecule has 0 radical (unpaired) electrons. The van der Waals surface area contributed by atoms with Crippen LogP contribution in [0.25, 0.3) is 11.4 Å². The molecule has 0 spiro atoms. The number of benzene rings is 1. The maximum atomic E-state index is 14.0. The predicted molar refractivity (Wildman–Crippen MR) is 237 cm³/mol. The lowest BCUT2D eigenvalue weighted by molar-refractivity contribution is -0.136. The number of carbonyl (C=O) groups is 6. The van der Waals surface area contributed by atoms with Crippen LogP contribution in [0.3, 0.4) is 0 Å². The summed E-state index contributed by atoms with van der Waals surface area (Å²) >= 11 is 0. The number of nitrogen functional groups attached to an aromatic ring is 1. The van der Waals surface area contributed by atoms with Crippen molar-refractivity contribution in [1.82, 2.24) is 45.4 Å². The van der Waals surface area contributed by atoms with Crippen LogP contribution in [0.15, 0.2) is 24.4 Å². The number of halogens is 2. The van der Waals surface area contributed by atoms with Crippen molar-refractivity contribution < 1.29 is 42.3 Å². The number of amides is 6. The van der Waals surface area contributed by atoms with Gasteiger partial charge in [0.15, 0.2) is 5.82 Å². The Hall–Kier alpha value is -6.45. The Morgan fingerprint density at radius 2 is 1.44 bits per heavy atom. The zero-order valence-electron chi connectivity index (χ0n) is 36.9. The number of hydrogen-bond donors (Lipinski definition) is 4. The lowest BCUT2D eigenvalue weighted by atomic mass is 10.0. The molecule has 1 unspecified atom stereocenters. The number of piperidine rings is 1. The van der Waals surface area contributed by atoms with Crippen molar-refractivity contribution in [3.63, 3.8) is 0 Å². The molecule has 4 aliphatic rings. The van der Waals surface area contributed by atoms with Gasteiger partial charge in [-0.15, -0.1) is 0 Å².